The summed E-state index contributed by atoms with van der Waals surface area (Å²) in [6, 6.07) is 7.84. The van der Waals surface area contributed by atoms with E-state index in [1.165, 1.54) is 0 Å². The first kappa shape index (κ1) is 18.0. The molecule has 26 heavy (non-hydrogen) atoms. The van der Waals surface area contributed by atoms with Crippen molar-refractivity contribution in [2.45, 2.75) is 46.1 Å². The molecule has 1 N–H and O–H groups in total. The van der Waals surface area contributed by atoms with E-state index in [-0.39, 0.29) is 11.8 Å². The number of aromatic nitrogens is 4. The van der Waals surface area contributed by atoms with Crippen LogP contribution >= 0.6 is 0 Å². The zero-order valence-corrected chi connectivity index (χ0v) is 15.4. The zero-order valence-electron chi connectivity index (χ0n) is 15.4. The molecule has 136 valence electrons. The summed E-state index contributed by atoms with van der Waals surface area (Å²) in [5.74, 6) is 0.819. The average molecular weight is 351 g/mol. The molecule has 2 heterocycles. The number of hydrogen-bond donors (Lipinski definition) is 1. The van der Waals surface area contributed by atoms with Gasteiger partial charge in [0.1, 0.15) is 0 Å². The van der Waals surface area contributed by atoms with Gasteiger partial charge >= 0.3 is 0 Å². The molecule has 0 aliphatic carbocycles. The number of amides is 1. The maximum atomic E-state index is 12.4. The number of carbonyl (C=O) groups is 1. The van der Waals surface area contributed by atoms with Gasteiger partial charge < -0.3 is 5.32 Å². The predicted molar refractivity (Wildman–Crippen MR) is 102 cm³/mol. The van der Waals surface area contributed by atoms with Crippen LogP contribution in [-0.2, 0) is 11.3 Å². The smallest absolute Gasteiger partial charge is 0.251 e. The van der Waals surface area contributed by atoms with Gasteiger partial charge in [0, 0.05) is 30.2 Å². The molecule has 3 aromatic rings. The Balaban J connectivity index is 1.71. The van der Waals surface area contributed by atoms with Crippen molar-refractivity contribution in [2.75, 3.05) is 0 Å². The van der Waals surface area contributed by atoms with Crippen molar-refractivity contribution in [3.63, 3.8) is 0 Å². The third-order valence-corrected chi connectivity index (χ3v) is 4.49. The number of nitrogens with zero attached hydrogens (tertiary/aromatic N) is 4. The van der Waals surface area contributed by atoms with Gasteiger partial charge in [-0.3, -0.25) is 4.79 Å². The quantitative estimate of drug-likeness (QED) is 0.672. The summed E-state index contributed by atoms with van der Waals surface area (Å²) in [6.07, 6.45) is 9.15. The average Bonchev–Trinajstić information content (AvgIpc) is 3.10. The second-order valence-corrected chi connectivity index (χ2v) is 6.49. The van der Waals surface area contributed by atoms with Gasteiger partial charge in [0.25, 0.3) is 5.95 Å². The molecule has 0 spiro atoms. The van der Waals surface area contributed by atoms with Crippen LogP contribution in [0.2, 0.25) is 0 Å². The topological polar surface area (TPSA) is 72.7 Å². The van der Waals surface area contributed by atoms with E-state index in [4.69, 9.17) is 0 Å². The van der Waals surface area contributed by atoms with Crippen molar-refractivity contribution in [1.29, 1.82) is 0 Å². The first-order valence-corrected chi connectivity index (χ1v) is 9.24. The third kappa shape index (κ3) is 4.07. The van der Waals surface area contributed by atoms with Crippen LogP contribution in [0.15, 0.2) is 42.9 Å². The number of benzene rings is 1. The summed E-state index contributed by atoms with van der Waals surface area (Å²) in [6.45, 7) is 4.78. The Bertz CT molecular complexity index is 853. The maximum Gasteiger partial charge on any atom is 0.251 e. The molecule has 0 atom stereocenters. The minimum atomic E-state index is 0.117. The summed E-state index contributed by atoms with van der Waals surface area (Å²) in [4.78, 5) is 20.9. The second kappa shape index (κ2) is 8.56. The summed E-state index contributed by atoms with van der Waals surface area (Å²) < 4.78 is 1.72. The fourth-order valence-corrected chi connectivity index (χ4v) is 3.19. The third-order valence-electron chi connectivity index (χ3n) is 4.49. The Labute approximate surface area is 153 Å². The van der Waals surface area contributed by atoms with Gasteiger partial charge in [0.2, 0.25) is 5.91 Å². The lowest BCUT2D eigenvalue weighted by atomic mass is 9.97. The molecule has 0 aliphatic rings. The van der Waals surface area contributed by atoms with Crippen LogP contribution in [0.3, 0.4) is 0 Å². The molecule has 0 radical (unpaired) electrons. The number of nitrogens with one attached hydrogen (secondary N) is 1. The molecule has 0 bridgehead atoms. The molecule has 0 aliphatic heterocycles. The van der Waals surface area contributed by atoms with Gasteiger partial charge in [-0.25, -0.2) is 9.97 Å². The fourth-order valence-electron chi connectivity index (χ4n) is 3.19. The molecule has 1 amide bonds. The van der Waals surface area contributed by atoms with E-state index in [9.17, 15) is 4.79 Å². The maximum absolute atomic E-state index is 12.4. The fraction of sp³-hybridized carbons (Fsp3) is 0.400. The van der Waals surface area contributed by atoms with Crippen molar-refractivity contribution in [3.8, 4) is 5.95 Å². The van der Waals surface area contributed by atoms with Gasteiger partial charge in [-0.1, -0.05) is 32.8 Å². The first-order valence-electron chi connectivity index (χ1n) is 9.24. The number of fused-ring (bicyclic) bond motifs is 1. The van der Waals surface area contributed by atoms with Crippen LogP contribution in [-0.4, -0.2) is 25.7 Å². The molecular formula is C20H25N5O. The van der Waals surface area contributed by atoms with Crippen molar-refractivity contribution >= 4 is 16.8 Å². The molecule has 0 unspecified atom stereocenters. The summed E-state index contributed by atoms with van der Waals surface area (Å²) in [5, 5.41) is 8.47. The molecule has 2 aromatic heterocycles. The van der Waals surface area contributed by atoms with Crippen molar-refractivity contribution < 1.29 is 4.79 Å². The predicted octanol–water partition coefficient (Wildman–Crippen LogP) is 3.65. The zero-order chi connectivity index (χ0) is 18.4. The Morgan fingerprint density at radius 3 is 2.58 bits per heavy atom. The van der Waals surface area contributed by atoms with Crippen molar-refractivity contribution in [1.82, 2.24) is 25.1 Å². The van der Waals surface area contributed by atoms with E-state index in [0.717, 1.165) is 42.1 Å². The highest BCUT2D eigenvalue weighted by Gasteiger charge is 2.16. The SMILES string of the molecule is CCCC(CCC)C(=O)NCc1ccc2c(cnn2-c2ncccn2)c1. The van der Waals surface area contributed by atoms with E-state index in [2.05, 4.69) is 40.3 Å². The highest BCUT2D eigenvalue weighted by Crippen LogP contribution is 2.18. The molecule has 0 saturated heterocycles. The first-order chi connectivity index (χ1) is 12.7. The molecule has 6 nitrogen and oxygen atoms in total. The van der Waals surface area contributed by atoms with E-state index in [1.807, 2.05) is 12.1 Å². The Hall–Kier alpha value is -2.76. The Kier molecular flexibility index (Phi) is 5.94. The number of hydrogen-bond acceptors (Lipinski definition) is 4. The minimum Gasteiger partial charge on any atom is -0.352 e. The van der Waals surface area contributed by atoms with Gasteiger partial charge in [-0.2, -0.15) is 9.78 Å². The molecule has 0 fully saturated rings. The normalized spacial score (nSPS) is 11.2. The van der Waals surface area contributed by atoms with Gasteiger partial charge in [0.05, 0.1) is 11.7 Å². The highest BCUT2D eigenvalue weighted by atomic mass is 16.1. The van der Waals surface area contributed by atoms with E-state index in [1.54, 1.807) is 29.3 Å². The second-order valence-electron chi connectivity index (χ2n) is 6.49. The van der Waals surface area contributed by atoms with Gasteiger partial charge in [-0.05, 0) is 36.6 Å². The minimum absolute atomic E-state index is 0.117. The summed E-state index contributed by atoms with van der Waals surface area (Å²) >= 11 is 0. The Morgan fingerprint density at radius 2 is 1.88 bits per heavy atom. The summed E-state index contributed by atoms with van der Waals surface area (Å²) in [7, 11) is 0. The van der Waals surface area contributed by atoms with E-state index < -0.39 is 0 Å². The van der Waals surface area contributed by atoms with Gasteiger partial charge in [0.15, 0.2) is 0 Å². The van der Waals surface area contributed by atoms with Crippen LogP contribution in [0, 0.1) is 5.92 Å². The van der Waals surface area contributed by atoms with Crippen LogP contribution in [0.5, 0.6) is 0 Å². The van der Waals surface area contributed by atoms with Crippen molar-refractivity contribution in [2.24, 2.45) is 5.92 Å². The molecular weight excluding hydrogens is 326 g/mol. The number of carbonyl (C=O) groups excluding carboxylic acids is 1. The standard InChI is InChI=1S/C20H25N5O/c1-3-6-16(7-4-2)19(26)23-13-15-8-9-18-17(12-15)14-24-25(18)20-21-10-5-11-22-20/h5,8-12,14,16H,3-4,6-7,13H2,1-2H3,(H,23,26). The lowest BCUT2D eigenvalue weighted by Gasteiger charge is -2.15. The molecule has 1 aromatic carbocycles. The highest BCUT2D eigenvalue weighted by molar-refractivity contribution is 5.81. The molecule has 6 heteroatoms. The van der Waals surface area contributed by atoms with E-state index in [0.29, 0.717) is 12.5 Å². The van der Waals surface area contributed by atoms with Crippen molar-refractivity contribution in [3.05, 3.63) is 48.4 Å². The van der Waals surface area contributed by atoms with Crippen LogP contribution in [0.1, 0.15) is 45.1 Å². The van der Waals surface area contributed by atoms with Gasteiger partial charge in [-0.15, -0.1) is 0 Å². The lowest BCUT2D eigenvalue weighted by Crippen LogP contribution is -2.30. The summed E-state index contributed by atoms with van der Waals surface area (Å²) in [5.41, 5.74) is 2.01. The largest absolute Gasteiger partial charge is 0.352 e. The van der Waals surface area contributed by atoms with Crippen LogP contribution in [0.4, 0.5) is 0 Å². The van der Waals surface area contributed by atoms with Crippen LogP contribution < -0.4 is 5.32 Å². The van der Waals surface area contributed by atoms with Crippen LogP contribution in [0.25, 0.3) is 16.9 Å². The molecule has 3 rings (SSSR count). The Morgan fingerprint density at radius 1 is 1.15 bits per heavy atom. The number of rotatable bonds is 8. The monoisotopic (exact) mass is 351 g/mol. The molecule has 0 saturated carbocycles. The lowest BCUT2D eigenvalue weighted by molar-refractivity contribution is -0.125. The van der Waals surface area contributed by atoms with E-state index >= 15 is 0 Å².